The molecule has 5 heteroatoms. The predicted octanol–water partition coefficient (Wildman–Crippen LogP) is 1.94. The maximum Gasteiger partial charge on any atom is 0.270 e. The molecule has 0 bridgehead atoms. The van der Waals surface area contributed by atoms with Crippen LogP contribution in [0, 0.1) is 10.1 Å². The number of aromatic nitrogens is 1. The summed E-state index contributed by atoms with van der Waals surface area (Å²) >= 11 is 0. The number of nitro groups is 1. The van der Waals surface area contributed by atoms with Crippen LogP contribution in [0.3, 0.4) is 0 Å². The average molecular weight is 244 g/mol. The third-order valence-corrected chi connectivity index (χ3v) is 3.66. The Kier molecular flexibility index (Phi) is 2.23. The zero-order valence-electron chi connectivity index (χ0n) is 9.97. The summed E-state index contributed by atoms with van der Waals surface area (Å²) < 4.78 is 1.99. The molecule has 0 N–H and O–H groups in total. The van der Waals surface area contributed by atoms with Gasteiger partial charge in [0.1, 0.15) is 0 Å². The van der Waals surface area contributed by atoms with Crippen molar-refractivity contribution in [3.63, 3.8) is 0 Å². The number of non-ortho nitro benzene ring substituents is 1. The van der Waals surface area contributed by atoms with Crippen molar-refractivity contribution in [1.29, 1.82) is 0 Å². The van der Waals surface area contributed by atoms with Gasteiger partial charge in [-0.05, 0) is 25.3 Å². The highest BCUT2D eigenvalue weighted by Crippen LogP contribution is 2.25. The van der Waals surface area contributed by atoms with Gasteiger partial charge in [0.2, 0.25) is 0 Å². The van der Waals surface area contributed by atoms with E-state index in [2.05, 4.69) is 0 Å². The topological polar surface area (TPSA) is 65.1 Å². The van der Waals surface area contributed by atoms with E-state index in [0.29, 0.717) is 5.39 Å². The summed E-state index contributed by atoms with van der Waals surface area (Å²) in [6, 6.07) is 4.49. The van der Waals surface area contributed by atoms with Gasteiger partial charge in [-0.15, -0.1) is 0 Å². The number of nitro benzene ring substituents is 1. The highest BCUT2D eigenvalue weighted by atomic mass is 16.6. The first-order valence-corrected chi connectivity index (χ1v) is 5.88. The molecule has 0 atom stereocenters. The Balaban J connectivity index is 2.44. The van der Waals surface area contributed by atoms with Gasteiger partial charge in [-0.3, -0.25) is 14.9 Å². The summed E-state index contributed by atoms with van der Waals surface area (Å²) in [5.74, 6) is 0. The van der Waals surface area contributed by atoms with Crippen molar-refractivity contribution >= 4 is 16.6 Å². The standard InChI is InChI=1S/C13H12N2O3/c1-14-11-4-2-3-9(11)13(16)10-7-8(15(17)18)5-6-12(10)14/h5-7H,2-4H2,1H3. The van der Waals surface area contributed by atoms with Gasteiger partial charge in [0.15, 0.2) is 5.43 Å². The van der Waals surface area contributed by atoms with E-state index < -0.39 is 4.92 Å². The van der Waals surface area contributed by atoms with Crippen molar-refractivity contribution < 1.29 is 4.92 Å². The van der Waals surface area contributed by atoms with Crippen molar-refractivity contribution in [2.45, 2.75) is 19.3 Å². The van der Waals surface area contributed by atoms with Gasteiger partial charge in [0, 0.05) is 30.4 Å². The molecule has 18 heavy (non-hydrogen) atoms. The zero-order valence-corrected chi connectivity index (χ0v) is 9.97. The van der Waals surface area contributed by atoms with E-state index >= 15 is 0 Å². The van der Waals surface area contributed by atoms with Crippen molar-refractivity contribution in [2.75, 3.05) is 0 Å². The molecule has 92 valence electrons. The molecule has 3 rings (SSSR count). The zero-order chi connectivity index (χ0) is 12.9. The molecule has 0 fully saturated rings. The molecule has 0 unspecified atom stereocenters. The fraction of sp³-hybridized carbons (Fsp3) is 0.308. The number of nitrogens with zero attached hydrogens (tertiary/aromatic N) is 2. The van der Waals surface area contributed by atoms with E-state index in [-0.39, 0.29) is 11.1 Å². The number of aryl methyl sites for hydroxylation is 1. The molecule has 1 aromatic carbocycles. The lowest BCUT2D eigenvalue weighted by Gasteiger charge is -2.11. The monoisotopic (exact) mass is 244 g/mol. The van der Waals surface area contributed by atoms with E-state index in [1.54, 1.807) is 6.07 Å². The van der Waals surface area contributed by atoms with E-state index in [1.165, 1.54) is 12.1 Å². The van der Waals surface area contributed by atoms with Gasteiger partial charge in [0.25, 0.3) is 5.69 Å². The highest BCUT2D eigenvalue weighted by molar-refractivity contribution is 5.82. The van der Waals surface area contributed by atoms with Gasteiger partial charge in [-0.25, -0.2) is 0 Å². The van der Waals surface area contributed by atoms with Gasteiger partial charge in [-0.2, -0.15) is 0 Å². The van der Waals surface area contributed by atoms with Crippen LogP contribution < -0.4 is 5.43 Å². The molecule has 5 nitrogen and oxygen atoms in total. The number of hydrogen-bond acceptors (Lipinski definition) is 3. The van der Waals surface area contributed by atoms with E-state index in [0.717, 1.165) is 36.0 Å². The molecule has 1 aliphatic rings. The summed E-state index contributed by atoms with van der Waals surface area (Å²) in [7, 11) is 1.91. The van der Waals surface area contributed by atoms with Crippen molar-refractivity contribution in [3.05, 3.63) is 49.8 Å². The second-order valence-corrected chi connectivity index (χ2v) is 4.63. The molecule has 0 spiro atoms. The minimum absolute atomic E-state index is 0.0300. The summed E-state index contributed by atoms with van der Waals surface area (Å²) in [6.07, 6.45) is 2.67. The fourth-order valence-corrected chi connectivity index (χ4v) is 2.76. The molecule has 0 aliphatic heterocycles. The Morgan fingerprint density at radius 1 is 1.33 bits per heavy atom. The minimum atomic E-state index is -0.466. The van der Waals surface area contributed by atoms with Crippen molar-refractivity contribution in [3.8, 4) is 0 Å². The number of pyridine rings is 1. The van der Waals surface area contributed by atoms with Crippen LogP contribution in [-0.2, 0) is 19.9 Å². The maximum atomic E-state index is 12.3. The Hall–Kier alpha value is -2.17. The second kappa shape index (κ2) is 3.66. The summed E-state index contributed by atoms with van der Waals surface area (Å²) in [4.78, 5) is 22.6. The summed E-state index contributed by atoms with van der Waals surface area (Å²) in [6.45, 7) is 0. The van der Waals surface area contributed by atoms with Crippen LogP contribution in [0.1, 0.15) is 17.7 Å². The average Bonchev–Trinajstić information content (AvgIpc) is 2.84. The molecule has 1 heterocycles. The lowest BCUT2D eigenvalue weighted by Crippen LogP contribution is -2.15. The Labute approximate surface area is 103 Å². The van der Waals surface area contributed by atoms with Crippen LogP contribution in [0.4, 0.5) is 5.69 Å². The molecular weight excluding hydrogens is 232 g/mol. The third kappa shape index (κ3) is 1.37. The van der Waals surface area contributed by atoms with Gasteiger partial charge in [0.05, 0.1) is 15.8 Å². The first kappa shape index (κ1) is 11.0. The first-order chi connectivity index (χ1) is 8.59. The maximum absolute atomic E-state index is 12.3. The summed E-state index contributed by atoms with van der Waals surface area (Å²) in [5, 5.41) is 11.2. The van der Waals surface area contributed by atoms with E-state index in [9.17, 15) is 14.9 Å². The highest BCUT2D eigenvalue weighted by Gasteiger charge is 2.20. The van der Waals surface area contributed by atoms with Gasteiger partial charge >= 0.3 is 0 Å². The predicted molar refractivity (Wildman–Crippen MR) is 67.9 cm³/mol. The minimum Gasteiger partial charge on any atom is -0.347 e. The van der Waals surface area contributed by atoms with E-state index in [4.69, 9.17) is 0 Å². The number of hydrogen-bond donors (Lipinski definition) is 0. The lowest BCUT2D eigenvalue weighted by atomic mass is 10.1. The Morgan fingerprint density at radius 3 is 2.83 bits per heavy atom. The summed E-state index contributed by atoms with van der Waals surface area (Å²) in [5.41, 5.74) is 2.59. The fourth-order valence-electron chi connectivity index (χ4n) is 2.76. The molecule has 0 amide bonds. The first-order valence-electron chi connectivity index (χ1n) is 5.88. The molecule has 1 aliphatic carbocycles. The Bertz CT molecular complexity index is 731. The van der Waals surface area contributed by atoms with Crippen molar-refractivity contribution in [2.24, 2.45) is 7.05 Å². The van der Waals surface area contributed by atoms with E-state index in [1.807, 2.05) is 11.6 Å². The lowest BCUT2D eigenvalue weighted by molar-refractivity contribution is -0.384. The molecule has 0 saturated heterocycles. The molecular formula is C13H12N2O3. The smallest absolute Gasteiger partial charge is 0.270 e. The molecule has 1 aromatic heterocycles. The largest absolute Gasteiger partial charge is 0.347 e. The molecule has 0 saturated carbocycles. The molecule has 2 aromatic rings. The van der Waals surface area contributed by atoms with Crippen molar-refractivity contribution in [1.82, 2.24) is 4.57 Å². The Morgan fingerprint density at radius 2 is 2.11 bits per heavy atom. The van der Waals surface area contributed by atoms with Crippen LogP contribution >= 0.6 is 0 Å². The quantitative estimate of drug-likeness (QED) is 0.568. The van der Waals surface area contributed by atoms with Crippen LogP contribution in [-0.4, -0.2) is 9.49 Å². The SMILES string of the molecule is Cn1c2c(c(=O)c3cc([N+](=O)[O-])ccc31)CCC2. The van der Waals surface area contributed by atoms with Crippen LogP contribution in [0.2, 0.25) is 0 Å². The van der Waals surface area contributed by atoms with Crippen LogP contribution in [0.25, 0.3) is 10.9 Å². The van der Waals surface area contributed by atoms with Gasteiger partial charge < -0.3 is 4.57 Å². The van der Waals surface area contributed by atoms with Crippen LogP contribution in [0.5, 0.6) is 0 Å². The van der Waals surface area contributed by atoms with Crippen LogP contribution in [0.15, 0.2) is 23.0 Å². The number of rotatable bonds is 1. The molecule has 0 radical (unpaired) electrons. The number of benzene rings is 1. The van der Waals surface area contributed by atoms with Gasteiger partial charge in [-0.1, -0.05) is 0 Å². The number of fused-ring (bicyclic) bond motifs is 2. The third-order valence-electron chi connectivity index (χ3n) is 3.66. The second-order valence-electron chi connectivity index (χ2n) is 4.63. The normalized spacial score (nSPS) is 13.8.